The van der Waals surface area contributed by atoms with E-state index in [1.165, 1.54) is 0 Å². The Morgan fingerprint density at radius 2 is 2.16 bits per heavy atom. The van der Waals surface area contributed by atoms with Gasteiger partial charge < -0.3 is 5.32 Å². The fourth-order valence-electron chi connectivity index (χ4n) is 1.95. The summed E-state index contributed by atoms with van der Waals surface area (Å²) in [6.07, 6.45) is 0. The Kier molecular flexibility index (Phi) is 4.84. The molecule has 2 rings (SSSR count). The molecule has 2 aromatic rings. The van der Waals surface area contributed by atoms with Crippen LogP contribution in [0.5, 0.6) is 0 Å². The quantitative estimate of drug-likeness (QED) is 0.902. The highest BCUT2D eigenvalue weighted by Crippen LogP contribution is 2.34. The molecule has 0 saturated carbocycles. The predicted octanol–water partition coefficient (Wildman–Crippen LogP) is 3.58. The van der Waals surface area contributed by atoms with Crippen LogP contribution in [-0.2, 0) is 7.05 Å². The third-order valence-electron chi connectivity index (χ3n) is 2.80. The van der Waals surface area contributed by atoms with E-state index in [0.29, 0.717) is 14.6 Å². The lowest BCUT2D eigenvalue weighted by Gasteiger charge is -2.20. The minimum atomic E-state index is -0.120. The second-order valence-corrected chi connectivity index (χ2v) is 5.56. The van der Waals surface area contributed by atoms with Gasteiger partial charge in [0, 0.05) is 7.05 Å². The van der Waals surface area contributed by atoms with Gasteiger partial charge in [0.05, 0.1) is 21.8 Å². The highest BCUT2D eigenvalue weighted by molar-refractivity contribution is 9.10. The van der Waals surface area contributed by atoms with Crippen molar-refractivity contribution in [1.29, 1.82) is 0 Å². The molecule has 1 heterocycles. The van der Waals surface area contributed by atoms with Gasteiger partial charge in [-0.05, 0) is 34.1 Å². The van der Waals surface area contributed by atoms with Crippen molar-refractivity contribution < 1.29 is 0 Å². The summed E-state index contributed by atoms with van der Waals surface area (Å²) < 4.78 is 2.41. The summed E-state index contributed by atoms with van der Waals surface area (Å²) in [6, 6.07) is 5.48. The SMILES string of the molecule is CCNC(c1cccc(Cl)c1Cl)c1c(Br)nnn1C. The van der Waals surface area contributed by atoms with Crippen molar-refractivity contribution in [3.63, 3.8) is 0 Å². The van der Waals surface area contributed by atoms with Crippen molar-refractivity contribution in [1.82, 2.24) is 20.3 Å². The van der Waals surface area contributed by atoms with Gasteiger partial charge in [-0.25, -0.2) is 4.68 Å². The van der Waals surface area contributed by atoms with Crippen LogP contribution in [0.1, 0.15) is 24.2 Å². The summed E-state index contributed by atoms with van der Waals surface area (Å²) in [5, 5.41) is 12.5. The lowest BCUT2D eigenvalue weighted by Crippen LogP contribution is -2.25. The Hall–Kier alpha value is -0.620. The van der Waals surface area contributed by atoms with E-state index in [9.17, 15) is 0 Å². The molecule has 1 unspecified atom stereocenters. The normalized spacial score (nSPS) is 12.7. The predicted molar refractivity (Wildman–Crippen MR) is 80.7 cm³/mol. The zero-order valence-corrected chi connectivity index (χ0v) is 13.6. The number of hydrogen-bond acceptors (Lipinski definition) is 3. The molecule has 1 aromatic carbocycles. The summed E-state index contributed by atoms with van der Waals surface area (Å²) >= 11 is 15.8. The van der Waals surface area contributed by atoms with Gasteiger partial charge >= 0.3 is 0 Å². The largest absolute Gasteiger partial charge is 0.305 e. The fraction of sp³-hybridized carbons (Fsp3) is 0.333. The lowest BCUT2D eigenvalue weighted by atomic mass is 10.0. The summed E-state index contributed by atoms with van der Waals surface area (Å²) in [5.41, 5.74) is 1.81. The zero-order valence-electron chi connectivity index (χ0n) is 10.5. The van der Waals surface area contributed by atoms with Gasteiger partial charge in [0.15, 0.2) is 4.60 Å². The van der Waals surface area contributed by atoms with E-state index in [2.05, 4.69) is 31.6 Å². The molecule has 0 amide bonds. The molecule has 0 saturated heterocycles. The van der Waals surface area contributed by atoms with E-state index in [1.54, 1.807) is 10.7 Å². The van der Waals surface area contributed by atoms with Gasteiger partial charge in [0.2, 0.25) is 0 Å². The number of hydrogen-bond donors (Lipinski definition) is 1. The van der Waals surface area contributed by atoms with Gasteiger partial charge in [0.25, 0.3) is 0 Å². The smallest absolute Gasteiger partial charge is 0.153 e. The van der Waals surface area contributed by atoms with Crippen LogP contribution in [0, 0.1) is 0 Å². The number of nitrogens with one attached hydrogen (secondary N) is 1. The van der Waals surface area contributed by atoms with E-state index in [1.807, 2.05) is 26.1 Å². The Labute approximate surface area is 130 Å². The lowest BCUT2D eigenvalue weighted by molar-refractivity contribution is 0.567. The highest BCUT2D eigenvalue weighted by Gasteiger charge is 2.23. The summed E-state index contributed by atoms with van der Waals surface area (Å²) in [6.45, 7) is 2.81. The first-order chi connectivity index (χ1) is 9.06. The summed E-state index contributed by atoms with van der Waals surface area (Å²) in [7, 11) is 1.84. The molecule has 7 heteroatoms. The molecule has 19 heavy (non-hydrogen) atoms. The first-order valence-electron chi connectivity index (χ1n) is 5.78. The molecule has 0 aliphatic carbocycles. The molecule has 4 nitrogen and oxygen atoms in total. The van der Waals surface area contributed by atoms with Crippen molar-refractivity contribution in [2.75, 3.05) is 6.54 Å². The van der Waals surface area contributed by atoms with Gasteiger partial charge in [-0.3, -0.25) is 0 Å². The Balaban J connectivity index is 2.55. The number of aryl methyl sites for hydroxylation is 1. The van der Waals surface area contributed by atoms with Crippen molar-refractivity contribution >= 4 is 39.1 Å². The Bertz CT molecular complexity index is 566. The molecule has 1 aromatic heterocycles. The number of rotatable bonds is 4. The molecule has 1 N–H and O–H groups in total. The van der Waals surface area contributed by atoms with Crippen molar-refractivity contribution in [2.45, 2.75) is 13.0 Å². The summed E-state index contributed by atoms with van der Waals surface area (Å²) in [5.74, 6) is 0. The average molecular weight is 364 g/mol. The topological polar surface area (TPSA) is 42.7 Å². The fourth-order valence-corrected chi connectivity index (χ4v) is 2.92. The van der Waals surface area contributed by atoms with E-state index in [0.717, 1.165) is 17.8 Å². The summed E-state index contributed by atoms with van der Waals surface area (Å²) in [4.78, 5) is 0. The third kappa shape index (κ3) is 2.94. The van der Waals surface area contributed by atoms with Crippen LogP contribution in [-0.4, -0.2) is 21.5 Å². The van der Waals surface area contributed by atoms with E-state index in [-0.39, 0.29) is 6.04 Å². The van der Waals surface area contributed by atoms with Gasteiger partial charge in [-0.15, -0.1) is 5.10 Å². The van der Waals surface area contributed by atoms with Crippen LogP contribution in [0.4, 0.5) is 0 Å². The molecule has 102 valence electrons. The van der Waals surface area contributed by atoms with E-state index >= 15 is 0 Å². The molecule has 0 aliphatic rings. The maximum absolute atomic E-state index is 6.31. The molecule has 0 spiro atoms. The van der Waals surface area contributed by atoms with Gasteiger partial charge in [0.1, 0.15) is 0 Å². The number of benzene rings is 1. The Morgan fingerprint density at radius 3 is 2.74 bits per heavy atom. The average Bonchev–Trinajstić information content (AvgIpc) is 2.70. The molecule has 0 bridgehead atoms. The zero-order chi connectivity index (χ0) is 14.0. The molecule has 0 fully saturated rings. The standard InChI is InChI=1S/C12H13BrCl2N4/c1-3-16-10(11-12(13)17-18-19(11)2)7-5-4-6-8(14)9(7)15/h4-6,10,16H,3H2,1-2H3. The molecular weight excluding hydrogens is 351 g/mol. The first-order valence-corrected chi connectivity index (χ1v) is 7.33. The number of nitrogens with zero attached hydrogens (tertiary/aromatic N) is 3. The van der Waals surface area contributed by atoms with Crippen LogP contribution >= 0.6 is 39.1 Å². The second-order valence-electron chi connectivity index (χ2n) is 4.02. The minimum absolute atomic E-state index is 0.120. The highest BCUT2D eigenvalue weighted by atomic mass is 79.9. The second kappa shape index (κ2) is 6.22. The van der Waals surface area contributed by atoms with Crippen molar-refractivity contribution in [3.05, 3.63) is 44.1 Å². The third-order valence-corrected chi connectivity index (χ3v) is 4.20. The van der Waals surface area contributed by atoms with E-state index < -0.39 is 0 Å². The maximum atomic E-state index is 6.31. The van der Waals surface area contributed by atoms with Crippen LogP contribution in [0.2, 0.25) is 10.0 Å². The van der Waals surface area contributed by atoms with E-state index in [4.69, 9.17) is 23.2 Å². The first kappa shape index (κ1) is 14.8. The molecule has 1 atom stereocenters. The van der Waals surface area contributed by atoms with Gasteiger partial charge in [-0.1, -0.05) is 47.5 Å². The van der Waals surface area contributed by atoms with Gasteiger partial charge in [-0.2, -0.15) is 0 Å². The maximum Gasteiger partial charge on any atom is 0.153 e. The molecule has 0 radical (unpaired) electrons. The van der Waals surface area contributed by atoms with Crippen LogP contribution in [0.15, 0.2) is 22.8 Å². The van der Waals surface area contributed by atoms with Crippen LogP contribution in [0.3, 0.4) is 0 Å². The van der Waals surface area contributed by atoms with Crippen molar-refractivity contribution in [2.24, 2.45) is 7.05 Å². The number of halogens is 3. The monoisotopic (exact) mass is 362 g/mol. The van der Waals surface area contributed by atoms with Crippen LogP contribution in [0.25, 0.3) is 0 Å². The Morgan fingerprint density at radius 1 is 1.42 bits per heavy atom. The minimum Gasteiger partial charge on any atom is -0.305 e. The molecular formula is C12H13BrCl2N4. The van der Waals surface area contributed by atoms with Crippen molar-refractivity contribution in [3.8, 4) is 0 Å². The van der Waals surface area contributed by atoms with Crippen LogP contribution < -0.4 is 5.32 Å². The molecule has 0 aliphatic heterocycles. The number of aromatic nitrogens is 3.